The van der Waals surface area contributed by atoms with Crippen LogP contribution < -0.4 is 20.7 Å². The number of aliphatic hydroxyl groups is 1. The second-order valence-electron chi connectivity index (χ2n) is 14.4. The van der Waals surface area contributed by atoms with Gasteiger partial charge in [0.25, 0.3) is 5.91 Å². The summed E-state index contributed by atoms with van der Waals surface area (Å²) >= 11 is 0. The van der Waals surface area contributed by atoms with Gasteiger partial charge < -0.3 is 30.2 Å². The molecule has 0 bridgehead atoms. The molecule has 54 heavy (non-hydrogen) atoms. The molecule has 3 heterocycles. The third-order valence-electron chi connectivity index (χ3n) is 10.4. The molecule has 2 aliphatic rings. The first-order valence-electron chi connectivity index (χ1n) is 18.9. The van der Waals surface area contributed by atoms with Gasteiger partial charge in [-0.2, -0.15) is 0 Å². The number of carbonyl (C=O) groups excluding carboxylic acids is 2. The largest absolute Gasteiger partial charge is 0.424 e. The summed E-state index contributed by atoms with van der Waals surface area (Å²) in [5.74, 6) is -0.278. The van der Waals surface area contributed by atoms with Crippen molar-refractivity contribution in [1.29, 1.82) is 0 Å². The number of piperidine rings is 1. The minimum absolute atomic E-state index is 0.0284. The highest BCUT2D eigenvalue weighted by Gasteiger charge is 2.30. The lowest BCUT2D eigenvalue weighted by Gasteiger charge is -2.34. The predicted molar refractivity (Wildman–Crippen MR) is 205 cm³/mol. The van der Waals surface area contributed by atoms with Crippen LogP contribution in [0.4, 0.5) is 20.9 Å². The lowest BCUT2D eigenvalue weighted by atomic mass is 9.73. The van der Waals surface area contributed by atoms with E-state index in [0.29, 0.717) is 35.6 Å². The van der Waals surface area contributed by atoms with Crippen molar-refractivity contribution in [1.82, 2.24) is 20.1 Å². The van der Waals surface area contributed by atoms with E-state index >= 15 is 0 Å². The average Bonchev–Trinajstić information content (AvgIpc) is 3.64. The molecule has 3 atom stereocenters. The predicted octanol–water partition coefficient (Wildman–Crippen LogP) is 7.07. The molecule has 0 spiro atoms. The zero-order chi connectivity index (χ0) is 38.2. The van der Waals surface area contributed by atoms with E-state index in [4.69, 9.17) is 19.9 Å². The summed E-state index contributed by atoms with van der Waals surface area (Å²) in [4.78, 5) is 35.1. The maximum atomic E-state index is 14.2. The number of anilines is 2. The number of pyridine rings is 1. The summed E-state index contributed by atoms with van der Waals surface area (Å²) in [7, 11) is 0. The number of amides is 2. The maximum absolute atomic E-state index is 14.2. The van der Waals surface area contributed by atoms with Gasteiger partial charge in [-0.1, -0.05) is 48.3 Å². The van der Waals surface area contributed by atoms with Crippen LogP contribution in [0.1, 0.15) is 79.6 Å². The fraction of sp³-hybridized carbons (Fsp3) is 0.439. The Bertz CT molecular complexity index is 1960. The number of hydrogen-bond donors (Lipinski definition) is 3. The molecule has 286 valence electrons. The molecule has 13 heteroatoms. The van der Waals surface area contributed by atoms with Crippen molar-refractivity contribution in [3.8, 4) is 17.3 Å². The van der Waals surface area contributed by atoms with Crippen LogP contribution in [0.25, 0.3) is 11.5 Å². The van der Waals surface area contributed by atoms with Crippen molar-refractivity contribution in [3.05, 3.63) is 94.4 Å². The number of ether oxygens (including phenoxy) is 1. The molecule has 6 rings (SSSR count). The van der Waals surface area contributed by atoms with Gasteiger partial charge >= 0.3 is 12.1 Å². The molecule has 3 unspecified atom stereocenters. The van der Waals surface area contributed by atoms with Crippen LogP contribution in [0.3, 0.4) is 0 Å². The van der Waals surface area contributed by atoms with Gasteiger partial charge in [0.1, 0.15) is 5.82 Å². The Morgan fingerprint density at radius 1 is 1.11 bits per heavy atom. The van der Waals surface area contributed by atoms with Crippen molar-refractivity contribution < 1.29 is 28.2 Å². The number of aliphatic hydroxyl groups excluding tert-OH is 1. The van der Waals surface area contributed by atoms with Gasteiger partial charge in [-0.3, -0.25) is 4.79 Å². The van der Waals surface area contributed by atoms with Gasteiger partial charge in [-0.05, 0) is 125 Å². The fourth-order valence-electron chi connectivity index (χ4n) is 7.62. The number of halogens is 1. The molecule has 1 aliphatic carbocycles. The van der Waals surface area contributed by atoms with E-state index in [1.165, 1.54) is 35.1 Å². The molecular weight excluding hydrogens is 689 g/mol. The maximum Gasteiger partial charge on any atom is 0.424 e. The van der Waals surface area contributed by atoms with Gasteiger partial charge in [-0.25, -0.2) is 19.1 Å². The van der Waals surface area contributed by atoms with E-state index in [9.17, 15) is 19.1 Å². The molecule has 1 aliphatic heterocycles. The van der Waals surface area contributed by atoms with Crippen molar-refractivity contribution in [2.24, 2.45) is 17.6 Å². The summed E-state index contributed by atoms with van der Waals surface area (Å²) in [6, 6.07) is 14.0. The Morgan fingerprint density at radius 3 is 2.67 bits per heavy atom. The molecule has 1 saturated carbocycles. The molecule has 2 aromatic carbocycles. The second-order valence-corrected chi connectivity index (χ2v) is 14.4. The summed E-state index contributed by atoms with van der Waals surface area (Å²) in [5.41, 5.74) is 10.6. The quantitative estimate of drug-likeness (QED) is 0.128. The van der Waals surface area contributed by atoms with Crippen LogP contribution in [0.15, 0.2) is 70.7 Å². The molecule has 4 aromatic rings. The summed E-state index contributed by atoms with van der Waals surface area (Å²) in [6.45, 7) is 8.95. The number of benzene rings is 2. The number of carbonyl (C=O) groups is 2. The summed E-state index contributed by atoms with van der Waals surface area (Å²) in [6.07, 6.45) is 8.28. The summed E-state index contributed by atoms with van der Waals surface area (Å²) < 4.78 is 26.2. The minimum Gasteiger partial charge on any atom is -0.403 e. The Balaban J connectivity index is 1.21. The molecule has 12 nitrogen and oxygen atoms in total. The number of nitrogens with two attached hydrogens (primary N) is 1. The zero-order valence-electron chi connectivity index (χ0n) is 31.3. The monoisotopic (exact) mass is 739 g/mol. The van der Waals surface area contributed by atoms with Gasteiger partial charge in [0.2, 0.25) is 11.8 Å². The average molecular weight is 740 g/mol. The second kappa shape index (κ2) is 17.9. The Labute approximate surface area is 315 Å². The number of nitrogens with zero attached hydrogens (tertiary/aromatic N) is 5. The van der Waals surface area contributed by atoms with Crippen molar-refractivity contribution >= 4 is 23.7 Å². The number of hydrogen-bond acceptors (Lipinski definition) is 10. The van der Waals surface area contributed by atoms with E-state index in [2.05, 4.69) is 33.4 Å². The van der Waals surface area contributed by atoms with E-state index in [1.807, 2.05) is 19.9 Å². The van der Waals surface area contributed by atoms with Crippen LogP contribution in [0, 0.1) is 24.6 Å². The first kappa shape index (κ1) is 38.7. The molecule has 2 fully saturated rings. The number of aryl methyl sites for hydroxylation is 1. The lowest BCUT2D eigenvalue weighted by molar-refractivity contribution is 0.102. The first-order valence-corrected chi connectivity index (χ1v) is 18.9. The van der Waals surface area contributed by atoms with Crippen molar-refractivity contribution in [2.75, 3.05) is 36.4 Å². The van der Waals surface area contributed by atoms with E-state index in [-0.39, 0.29) is 41.9 Å². The number of rotatable bonds is 12. The SMILES string of the molecule is CC=C1C(N)CC(C)CC1Cc1nc(OC(=O)N(CCCN2CCCCC2)c2nnc(-c3ccc(NC(=O)c4ccccc4F)cc3CO)o2)ccc1C. The van der Waals surface area contributed by atoms with Gasteiger partial charge in [0, 0.05) is 35.6 Å². The van der Waals surface area contributed by atoms with Crippen LogP contribution in [-0.2, 0) is 13.0 Å². The van der Waals surface area contributed by atoms with Gasteiger partial charge in [-0.15, -0.1) is 5.10 Å². The Kier molecular flexibility index (Phi) is 12.8. The first-order chi connectivity index (χ1) is 26.1. The smallest absolute Gasteiger partial charge is 0.403 e. The van der Waals surface area contributed by atoms with Crippen LogP contribution in [-0.4, -0.2) is 69.4 Å². The third kappa shape index (κ3) is 9.38. The number of nitrogens with one attached hydrogen (secondary N) is 1. The number of aromatic nitrogens is 3. The standard InChI is InChI=1S/C41H50FN7O5/c1-4-31-28(21-26(2)22-35(31)43)24-36-27(3)13-16-37(45-36)53-41(52)49(20-10-19-48-17-8-5-9-18-48)40-47-46-39(54-40)32-15-14-30(23-29(32)25-50)44-38(51)33-11-6-7-12-34(33)42/h4,6-7,11-16,23,26,28,35,50H,5,8-10,17-22,24-25,43H2,1-3H3,(H,44,51). The molecule has 2 aromatic heterocycles. The van der Waals surface area contributed by atoms with Gasteiger partial charge in [0.05, 0.1) is 12.2 Å². The topological polar surface area (TPSA) is 160 Å². The molecule has 4 N–H and O–H groups in total. The molecule has 0 radical (unpaired) electrons. The Hall–Kier alpha value is -4.98. The van der Waals surface area contributed by atoms with Crippen LogP contribution >= 0.6 is 0 Å². The highest BCUT2D eigenvalue weighted by Crippen LogP contribution is 2.35. The lowest BCUT2D eigenvalue weighted by Crippen LogP contribution is -2.38. The minimum atomic E-state index is -0.706. The van der Waals surface area contributed by atoms with Crippen molar-refractivity contribution in [2.45, 2.75) is 78.4 Å². The number of likely N-dealkylation sites (tertiary alicyclic amines) is 1. The van der Waals surface area contributed by atoms with E-state index in [1.54, 1.807) is 30.3 Å². The molecular formula is C41H50FN7O5. The summed E-state index contributed by atoms with van der Waals surface area (Å²) in [5, 5.41) is 21.3. The molecule has 1 saturated heterocycles. The highest BCUT2D eigenvalue weighted by molar-refractivity contribution is 6.04. The highest BCUT2D eigenvalue weighted by atomic mass is 19.1. The van der Waals surface area contributed by atoms with E-state index in [0.717, 1.165) is 56.6 Å². The fourth-order valence-corrected chi connectivity index (χ4v) is 7.62. The Morgan fingerprint density at radius 2 is 1.91 bits per heavy atom. The third-order valence-corrected chi connectivity index (χ3v) is 10.4. The molecule has 2 amide bonds. The van der Waals surface area contributed by atoms with Crippen molar-refractivity contribution in [3.63, 3.8) is 0 Å². The van der Waals surface area contributed by atoms with Gasteiger partial charge in [0.15, 0.2) is 0 Å². The normalized spacial score (nSPS) is 19.8. The van der Waals surface area contributed by atoms with Crippen LogP contribution in [0.2, 0.25) is 0 Å². The van der Waals surface area contributed by atoms with E-state index < -0.39 is 24.4 Å². The van der Waals surface area contributed by atoms with Crippen LogP contribution in [0.5, 0.6) is 5.88 Å². The number of allylic oxidation sites excluding steroid dienone is 1. The zero-order valence-corrected chi connectivity index (χ0v) is 31.3.